The van der Waals surface area contributed by atoms with Gasteiger partial charge in [-0.1, -0.05) is 71.7 Å². The molecule has 1 aliphatic heterocycles. The number of carbonyl (C=O) groups is 1. The van der Waals surface area contributed by atoms with Crippen molar-refractivity contribution < 1.29 is 4.79 Å². The van der Waals surface area contributed by atoms with E-state index in [0.29, 0.717) is 0 Å². The lowest BCUT2D eigenvalue weighted by molar-refractivity contribution is 0.0849. The van der Waals surface area contributed by atoms with Crippen LogP contribution in [0.25, 0.3) is 5.70 Å². The van der Waals surface area contributed by atoms with Crippen LogP contribution in [0.4, 0.5) is 0 Å². The van der Waals surface area contributed by atoms with Crippen LogP contribution in [0.3, 0.4) is 0 Å². The van der Waals surface area contributed by atoms with Gasteiger partial charge in [-0.05, 0) is 30.9 Å². The van der Waals surface area contributed by atoms with Gasteiger partial charge >= 0.3 is 0 Å². The predicted molar refractivity (Wildman–Crippen MR) is 111 cm³/mol. The van der Waals surface area contributed by atoms with E-state index in [-0.39, 0.29) is 5.91 Å². The first kappa shape index (κ1) is 22.8. The molecular formula is C21H35NOS. The molecule has 0 bridgehead atoms. The molecule has 3 heteroatoms. The Hall–Kier alpha value is -1.22. The lowest BCUT2D eigenvalue weighted by Gasteiger charge is -2.17. The second kappa shape index (κ2) is 14.2. The summed E-state index contributed by atoms with van der Waals surface area (Å²) in [5.74, 6) is 1.32. The number of thioether (sulfide) groups is 1. The molecule has 136 valence electrons. The van der Waals surface area contributed by atoms with Crippen molar-refractivity contribution in [3.63, 3.8) is 0 Å². The molecule has 0 saturated carbocycles. The SMILES string of the molecule is C=C1c2ccccc2C(=O)N1CCCCCSC.CCC.CCC. The van der Waals surface area contributed by atoms with Crippen LogP contribution in [-0.4, -0.2) is 29.4 Å². The molecule has 1 aliphatic rings. The van der Waals surface area contributed by atoms with Crippen LogP contribution in [0.15, 0.2) is 30.8 Å². The third-order valence-corrected chi connectivity index (χ3v) is 3.97. The number of carbonyl (C=O) groups excluding carboxylic acids is 1. The fraction of sp³-hybridized carbons (Fsp3) is 0.571. The molecule has 0 aliphatic carbocycles. The molecule has 0 radical (unpaired) electrons. The normalized spacial score (nSPS) is 12.1. The van der Waals surface area contributed by atoms with Crippen molar-refractivity contribution in [3.05, 3.63) is 42.0 Å². The molecule has 0 unspecified atom stereocenters. The zero-order valence-electron chi connectivity index (χ0n) is 16.2. The number of benzene rings is 1. The van der Waals surface area contributed by atoms with Gasteiger partial charge in [0.05, 0.1) is 0 Å². The second-order valence-electron chi connectivity index (χ2n) is 5.92. The molecule has 2 rings (SSSR count). The predicted octanol–water partition coefficient (Wildman–Crippen LogP) is 6.48. The lowest BCUT2D eigenvalue weighted by Crippen LogP contribution is -2.23. The van der Waals surface area contributed by atoms with Gasteiger partial charge in [0, 0.05) is 23.4 Å². The molecule has 0 aromatic heterocycles. The van der Waals surface area contributed by atoms with E-state index in [9.17, 15) is 4.79 Å². The van der Waals surface area contributed by atoms with Crippen molar-refractivity contribution in [3.8, 4) is 0 Å². The van der Waals surface area contributed by atoms with Crippen molar-refractivity contribution in [1.29, 1.82) is 0 Å². The summed E-state index contributed by atoms with van der Waals surface area (Å²) < 4.78 is 0. The van der Waals surface area contributed by atoms with Gasteiger partial charge in [0.15, 0.2) is 0 Å². The van der Waals surface area contributed by atoms with Gasteiger partial charge in [0.2, 0.25) is 0 Å². The first-order valence-corrected chi connectivity index (χ1v) is 10.6. The summed E-state index contributed by atoms with van der Waals surface area (Å²) in [5, 5.41) is 0. The molecule has 2 nitrogen and oxygen atoms in total. The van der Waals surface area contributed by atoms with Gasteiger partial charge in [-0.25, -0.2) is 0 Å². The summed E-state index contributed by atoms with van der Waals surface area (Å²) in [5.41, 5.74) is 2.65. The van der Waals surface area contributed by atoms with Crippen molar-refractivity contribution in [2.45, 2.75) is 59.8 Å². The third kappa shape index (κ3) is 7.57. The van der Waals surface area contributed by atoms with E-state index in [1.54, 1.807) is 0 Å². The summed E-state index contributed by atoms with van der Waals surface area (Å²) in [6.45, 7) is 13.3. The molecule has 1 heterocycles. The molecule has 0 atom stereocenters. The van der Waals surface area contributed by atoms with Crippen LogP contribution in [0.2, 0.25) is 0 Å². The summed E-state index contributed by atoms with van der Waals surface area (Å²) >= 11 is 1.88. The molecule has 24 heavy (non-hydrogen) atoms. The van der Waals surface area contributed by atoms with Gasteiger partial charge in [0.1, 0.15) is 0 Å². The molecule has 0 saturated heterocycles. The Morgan fingerprint density at radius 3 is 2.00 bits per heavy atom. The van der Waals surface area contributed by atoms with E-state index >= 15 is 0 Å². The standard InChI is InChI=1S/C15H19NOS.2C3H8/c1-12-13-8-4-5-9-14(13)15(17)16(12)10-6-3-7-11-18-2;2*1-3-2/h4-5,8-9H,1,3,6-7,10-11H2,2H3;2*3H2,1-2H3. The van der Waals surface area contributed by atoms with Crippen LogP contribution in [0.1, 0.15) is 75.7 Å². The summed E-state index contributed by atoms with van der Waals surface area (Å²) in [6, 6.07) is 7.73. The van der Waals surface area contributed by atoms with Crippen LogP contribution >= 0.6 is 11.8 Å². The number of hydrogen-bond donors (Lipinski definition) is 0. The number of unbranched alkanes of at least 4 members (excludes halogenated alkanes) is 2. The maximum atomic E-state index is 12.2. The number of nitrogens with zero attached hydrogens (tertiary/aromatic N) is 1. The Morgan fingerprint density at radius 2 is 1.50 bits per heavy atom. The Kier molecular flexibility index (Phi) is 13.4. The highest BCUT2D eigenvalue weighted by molar-refractivity contribution is 7.98. The Labute approximate surface area is 153 Å². The van der Waals surface area contributed by atoms with E-state index in [1.807, 2.05) is 40.9 Å². The van der Waals surface area contributed by atoms with Gasteiger partial charge in [-0.3, -0.25) is 4.79 Å². The van der Waals surface area contributed by atoms with Crippen LogP contribution in [0, 0.1) is 0 Å². The smallest absolute Gasteiger partial charge is 0.258 e. The average molecular weight is 350 g/mol. The summed E-state index contributed by atoms with van der Waals surface area (Å²) in [6.07, 6.45) is 8.08. The highest BCUT2D eigenvalue weighted by Crippen LogP contribution is 2.31. The zero-order chi connectivity index (χ0) is 18.4. The molecular weight excluding hydrogens is 314 g/mol. The van der Waals surface area contributed by atoms with Crippen LogP contribution in [-0.2, 0) is 0 Å². The van der Waals surface area contributed by atoms with Crippen molar-refractivity contribution in [1.82, 2.24) is 4.90 Å². The fourth-order valence-corrected chi connectivity index (χ4v) is 2.76. The Bertz CT molecular complexity index is 447. The Balaban J connectivity index is 0.000000772. The zero-order valence-corrected chi connectivity index (χ0v) is 17.0. The minimum absolute atomic E-state index is 0.112. The van der Waals surface area contributed by atoms with Crippen molar-refractivity contribution in [2.75, 3.05) is 18.6 Å². The third-order valence-electron chi connectivity index (χ3n) is 3.27. The largest absolute Gasteiger partial charge is 0.308 e. The molecule has 1 amide bonds. The molecule has 1 aromatic carbocycles. The number of fused-ring (bicyclic) bond motifs is 1. The van der Waals surface area contributed by atoms with Gasteiger partial charge in [-0.15, -0.1) is 0 Å². The average Bonchev–Trinajstić information content (AvgIpc) is 2.81. The highest BCUT2D eigenvalue weighted by atomic mass is 32.2. The summed E-state index contributed by atoms with van der Waals surface area (Å²) in [4.78, 5) is 14.0. The summed E-state index contributed by atoms with van der Waals surface area (Å²) in [7, 11) is 0. The van der Waals surface area contributed by atoms with E-state index in [1.165, 1.54) is 31.4 Å². The highest BCUT2D eigenvalue weighted by Gasteiger charge is 2.29. The van der Waals surface area contributed by atoms with Crippen LogP contribution in [0.5, 0.6) is 0 Å². The molecule has 0 N–H and O–H groups in total. The minimum atomic E-state index is 0.112. The number of rotatable bonds is 6. The van der Waals surface area contributed by atoms with E-state index < -0.39 is 0 Å². The maximum Gasteiger partial charge on any atom is 0.258 e. The first-order chi connectivity index (χ1) is 11.6. The minimum Gasteiger partial charge on any atom is -0.308 e. The monoisotopic (exact) mass is 349 g/mol. The topological polar surface area (TPSA) is 20.3 Å². The van der Waals surface area contributed by atoms with E-state index in [0.717, 1.165) is 29.8 Å². The van der Waals surface area contributed by atoms with E-state index in [2.05, 4.69) is 40.5 Å². The molecule has 0 spiro atoms. The lowest BCUT2D eigenvalue weighted by atomic mass is 10.1. The quantitative estimate of drug-likeness (QED) is 0.548. The Morgan fingerprint density at radius 1 is 0.958 bits per heavy atom. The molecule has 1 aromatic rings. The van der Waals surface area contributed by atoms with Crippen molar-refractivity contribution >= 4 is 23.4 Å². The van der Waals surface area contributed by atoms with Crippen molar-refractivity contribution in [2.24, 2.45) is 0 Å². The second-order valence-corrected chi connectivity index (χ2v) is 6.90. The van der Waals surface area contributed by atoms with Gasteiger partial charge < -0.3 is 4.90 Å². The van der Waals surface area contributed by atoms with Gasteiger partial charge in [0.25, 0.3) is 5.91 Å². The molecule has 0 fully saturated rings. The van der Waals surface area contributed by atoms with Gasteiger partial charge in [-0.2, -0.15) is 11.8 Å². The van der Waals surface area contributed by atoms with E-state index in [4.69, 9.17) is 0 Å². The van der Waals surface area contributed by atoms with Crippen LogP contribution < -0.4 is 0 Å². The number of amides is 1. The maximum absolute atomic E-state index is 12.2. The fourth-order valence-electron chi connectivity index (χ4n) is 2.26. The first-order valence-electron chi connectivity index (χ1n) is 9.17. The number of hydrogen-bond acceptors (Lipinski definition) is 2.